The summed E-state index contributed by atoms with van der Waals surface area (Å²) in [5.74, 6) is -0.0598. The van der Waals surface area contributed by atoms with Gasteiger partial charge >= 0.3 is 0 Å². The number of rotatable bonds is 4. The molecule has 4 aromatic rings. The number of aromatic nitrogens is 3. The molecular weight excluding hydrogens is 404 g/mol. The van der Waals surface area contributed by atoms with Crippen LogP contribution >= 0.6 is 0 Å². The van der Waals surface area contributed by atoms with Crippen molar-refractivity contribution in [1.29, 1.82) is 0 Å². The summed E-state index contributed by atoms with van der Waals surface area (Å²) in [6, 6.07) is 15.6. The van der Waals surface area contributed by atoms with Gasteiger partial charge in [0.15, 0.2) is 5.65 Å². The van der Waals surface area contributed by atoms with Crippen molar-refractivity contribution in [2.45, 2.75) is 11.4 Å². The number of nitrogens with zero attached hydrogens (tertiary/aromatic N) is 3. The van der Waals surface area contributed by atoms with Crippen LogP contribution in [0.25, 0.3) is 16.9 Å². The van der Waals surface area contributed by atoms with E-state index in [4.69, 9.17) is 5.14 Å². The minimum Gasteiger partial charge on any atom is -0.352 e. The number of fused-ring (bicyclic) bond motifs is 2. The van der Waals surface area contributed by atoms with E-state index in [1.807, 2.05) is 30.3 Å². The first kappa shape index (κ1) is 18.3. The zero-order chi connectivity index (χ0) is 20.9. The van der Waals surface area contributed by atoms with Crippen molar-refractivity contribution in [1.82, 2.24) is 19.9 Å². The molecule has 5 rings (SSSR count). The number of carbonyl (C=O) groups is 1. The second-order valence-corrected chi connectivity index (χ2v) is 8.44. The molecule has 2 aromatic heterocycles. The van der Waals surface area contributed by atoms with Gasteiger partial charge in [-0.15, -0.1) is 0 Å². The second kappa shape index (κ2) is 6.65. The SMILES string of the molecule is NS(=O)(=O)c1ccc(Nc2ccc(-c3ccc4c(c3)CNC4=O)n3ncnc23)cc1. The molecule has 0 aliphatic carbocycles. The van der Waals surface area contributed by atoms with E-state index in [9.17, 15) is 13.2 Å². The summed E-state index contributed by atoms with van der Waals surface area (Å²) in [6.07, 6.45) is 1.46. The lowest BCUT2D eigenvalue weighted by atomic mass is 10.0. The zero-order valence-corrected chi connectivity index (χ0v) is 16.3. The van der Waals surface area contributed by atoms with E-state index in [1.165, 1.54) is 18.5 Å². The summed E-state index contributed by atoms with van der Waals surface area (Å²) in [6.45, 7) is 0.511. The van der Waals surface area contributed by atoms with Gasteiger partial charge in [-0.3, -0.25) is 4.79 Å². The van der Waals surface area contributed by atoms with Crippen molar-refractivity contribution >= 4 is 33.0 Å². The molecule has 0 spiro atoms. The molecule has 10 heteroatoms. The highest BCUT2D eigenvalue weighted by Crippen LogP contribution is 2.29. The van der Waals surface area contributed by atoms with Crippen molar-refractivity contribution in [2.24, 2.45) is 5.14 Å². The first-order valence-corrected chi connectivity index (χ1v) is 10.6. The fraction of sp³-hybridized carbons (Fsp3) is 0.0500. The maximum absolute atomic E-state index is 11.8. The van der Waals surface area contributed by atoms with Gasteiger partial charge in [-0.05, 0) is 54.1 Å². The summed E-state index contributed by atoms with van der Waals surface area (Å²) >= 11 is 0. The molecule has 4 N–H and O–H groups in total. The van der Waals surface area contributed by atoms with Crippen LogP contribution in [0.1, 0.15) is 15.9 Å². The van der Waals surface area contributed by atoms with Gasteiger partial charge in [0, 0.05) is 23.4 Å². The first-order chi connectivity index (χ1) is 14.4. The Hall–Kier alpha value is -3.76. The fourth-order valence-electron chi connectivity index (χ4n) is 3.50. The molecule has 0 saturated carbocycles. The van der Waals surface area contributed by atoms with Crippen LogP contribution in [-0.4, -0.2) is 28.9 Å². The number of anilines is 2. The minimum atomic E-state index is -3.74. The third kappa shape index (κ3) is 3.08. The lowest BCUT2D eigenvalue weighted by Crippen LogP contribution is -2.12. The Bertz CT molecular complexity index is 1410. The molecule has 0 bridgehead atoms. The quantitative estimate of drug-likeness (QED) is 0.463. The summed E-state index contributed by atoms with van der Waals surface area (Å²) in [4.78, 5) is 16.2. The van der Waals surface area contributed by atoms with Crippen LogP contribution in [0, 0.1) is 0 Å². The third-order valence-electron chi connectivity index (χ3n) is 4.97. The van der Waals surface area contributed by atoms with E-state index in [-0.39, 0.29) is 10.8 Å². The van der Waals surface area contributed by atoms with Gasteiger partial charge in [-0.25, -0.2) is 23.1 Å². The number of nitrogens with one attached hydrogen (secondary N) is 2. The van der Waals surface area contributed by atoms with Gasteiger partial charge in [0.25, 0.3) is 5.91 Å². The normalized spacial score (nSPS) is 13.3. The van der Waals surface area contributed by atoms with Crippen LogP contribution in [-0.2, 0) is 16.6 Å². The predicted octanol–water partition coefficient (Wildman–Crippen LogP) is 2.03. The van der Waals surface area contributed by atoms with Gasteiger partial charge < -0.3 is 10.6 Å². The average Bonchev–Trinajstić information content (AvgIpc) is 3.35. The van der Waals surface area contributed by atoms with E-state index >= 15 is 0 Å². The highest BCUT2D eigenvalue weighted by Gasteiger charge is 2.20. The van der Waals surface area contributed by atoms with Gasteiger partial charge in [0.1, 0.15) is 6.33 Å². The van der Waals surface area contributed by atoms with Crippen LogP contribution in [0.2, 0.25) is 0 Å². The molecule has 1 amide bonds. The van der Waals surface area contributed by atoms with Crippen molar-refractivity contribution < 1.29 is 13.2 Å². The standard InChI is InChI=1S/C20H16N6O3S/c21-30(28,29)15-4-2-14(3-5-15)25-17-7-8-18(26-19(17)23-11-24-26)12-1-6-16-13(9-12)10-22-20(16)27/h1-9,11,25H,10H2,(H,22,27)(H2,21,28,29). The van der Waals surface area contributed by atoms with Gasteiger partial charge in [-0.1, -0.05) is 6.07 Å². The Morgan fingerprint density at radius 1 is 1.07 bits per heavy atom. The van der Waals surface area contributed by atoms with Crippen molar-refractivity contribution in [3.8, 4) is 11.3 Å². The summed E-state index contributed by atoms with van der Waals surface area (Å²) in [5, 5.41) is 15.5. The molecule has 1 aliphatic rings. The Balaban J connectivity index is 1.51. The summed E-state index contributed by atoms with van der Waals surface area (Å²) in [5.41, 5.74) is 5.39. The molecule has 1 aliphatic heterocycles. The molecular formula is C20H16N6O3S. The number of nitrogens with two attached hydrogens (primary N) is 1. The molecule has 2 aromatic carbocycles. The van der Waals surface area contributed by atoms with Gasteiger partial charge in [0.2, 0.25) is 10.0 Å². The van der Waals surface area contributed by atoms with E-state index < -0.39 is 10.0 Å². The molecule has 0 fully saturated rings. The third-order valence-corrected chi connectivity index (χ3v) is 5.90. The van der Waals surface area contributed by atoms with Crippen LogP contribution in [0.15, 0.2) is 65.8 Å². The molecule has 9 nitrogen and oxygen atoms in total. The maximum atomic E-state index is 11.8. The summed E-state index contributed by atoms with van der Waals surface area (Å²) in [7, 11) is -3.74. The van der Waals surface area contributed by atoms with E-state index in [2.05, 4.69) is 20.7 Å². The van der Waals surface area contributed by atoms with Crippen molar-refractivity contribution in [2.75, 3.05) is 5.32 Å². The topological polar surface area (TPSA) is 131 Å². The molecule has 0 saturated heterocycles. The minimum absolute atomic E-state index is 0.0422. The monoisotopic (exact) mass is 420 g/mol. The maximum Gasteiger partial charge on any atom is 0.251 e. The van der Waals surface area contributed by atoms with Crippen LogP contribution < -0.4 is 15.8 Å². The molecule has 0 unspecified atom stereocenters. The van der Waals surface area contributed by atoms with Gasteiger partial charge in [0.05, 0.1) is 16.3 Å². The molecule has 0 radical (unpaired) electrons. The Labute approximate surface area is 171 Å². The van der Waals surface area contributed by atoms with E-state index in [0.717, 1.165) is 16.8 Å². The highest BCUT2D eigenvalue weighted by molar-refractivity contribution is 7.89. The second-order valence-electron chi connectivity index (χ2n) is 6.88. The molecule has 0 atom stereocenters. The fourth-order valence-corrected chi connectivity index (χ4v) is 4.02. The van der Waals surface area contributed by atoms with Crippen molar-refractivity contribution in [3.63, 3.8) is 0 Å². The molecule has 150 valence electrons. The Morgan fingerprint density at radius 3 is 2.63 bits per heavy atom. The van der Waals surface area contributed by atoms with Crippen LogP contribution in [0.4, 0.5) is 11.4 Å². The average molecular weight is 420 g/mol. The smallest absolute Gasteiger partial charge is 0.251 e. The van der Waals surface area contributed by atoms with Gasteiger partial charge in [-0.2, -0.15) is 5.10 Å². The number of carbonyl (C=O) groups excluding carboxylic acids is 1. The van der Waals surface area contributed by atoms with E-state index in [0.29, 0.717) is 29.1 Å². The molecule has 30 heavy (non-hydrogen) atoms. The Morgan fingerprint density at radius 2 is 1.87 bits per heavy atom. The Kier molecular flexibility index (Phi) is 4.05. The number of pyridine rings is 1. The zero-order valence-electron chi connectivity index (χ0n) is 15.5. The number of hydrogen-bond donors (Lipinski definition) is 3. The largest absolute Gasteiger partial charge is 0.352 e. The van der Waals surface area contributed by atoms with Crippen LogP contribution in [0.5, 0.6) is 0 Å². The lowest BCUT2D eigenvalue weighted by molar-refractivity contribution is 0.0965. The lowest BCUT2D eigenvalue weighted by Gasteiger charge is -2.11. The number of amides is 1. The molecule has 3 heterocycles. The predicted molar refractivity (Wildman–Crippen MR) is 111 cm³/mol. The number of benzene rings is 2. The number of hydrogen-bond acceptors (Lipinski definition) is 6. The first-order valence-electron chi connectivity index (χ1n) is 9.04. The van der Waals surface area contributed by atoms with Crippen molar-refractivity contribution in [3.05, 3.63) is 72.1 Å². The van der Waals surface area contributed by atoms with E-state index in [1.54, 1.807) is 16.6 Å². The number of primary sulfonamides is 1. The van der Waals surface area contributed by atoms with Crippen LogP contribution in [0.3, 0.4) is 0 Å². The highest BCUT2D eigenvalue weighted by atomic mass is 32.2. The number of sulfonamides is 1. The summed E-state index contributed by atoms with van der Waals surface area (Å²) < 4.78 is 24.5.